The van der Waals surface area contributed by atoms with E-state index in [2.05, 4.69) is 0 Å². The Bertz CT molecular complexity index is 152. The maximum absolute atomic E-state index is 9.24. The van der Waals surface area contributed by atoms with Gasteiger partial charge in [0, 0.05) is 0 Å². The molecule has 1 aliphatic heterocycles. The van der Waals surface area contributed by atoms with E-state index in [9.17, 15) is 5.11 Å². The van der Waals surface area contributed by atoms with Crippen LogP contribution in [0.5, 0.6) is 0 Å². The first kappa shape index (κ1) is 10.5. The summed E-state index contributed by atoms with van der Waals surface area (Å²) in [5.74, 6) is 0.0645. The highest BCUT2D eigenvalue weighted by Crippen LogP contribution is 2.24. The van der Waals surface area contributed by atoms with E-state index >= 15 is 0 Å². The Morgan fingerprint density at radius 2 is 1.75 bits per heavy atom. The third-order valence-electron chi connectivity index (χ3n) is 1.79. The Balaban J connectivity index is 2.63. The number of aliphatic hydroxyl groups is 3. The molecule has 1 aliphatic rings. The molecule has 1 heterocycles. The second-order valence-corrected chi connectivity index (χ2v) is 3.46. The minimum atomic E-state index is -1.42. The molecule has 12 heavy (non-hydrogen) atoms. The van der Waals surface area contributed by atoms with Crippen molar-refractivity contribution in [1.82, 2.24) is 0 Å². The van der Waals surface area contributed by atoms with Crippen molar-refractivity contribution in [2.45, 2.75) is 30.0 Å². The smallest absolute Gasteiger partial charge is 0.183 e. The standard InChI is InChI=1S/C6H10Cl2O4/c7-1-2-3(8)4(9)5(10)6(11)12-2/h2-6,9-11H,1H2/t2-,3+,4+,5-,6-/m1/s1. The molecule has 0 amide bonds. The van der Waals surface area contributed by atoms with E-state index in [4.69, 9.17) is 38.2 Å². The minimum Gasteiger partial charge on any atom is -0.389 e. The Morgan fingerprint density at radius 1 is 1.17 bits per heavy atom. The van der Waals surface area contributed by atoms with Gasteiger partial charge in [0.15, 0.2) is 6.29 Å². The van der Waals surface area contributed by atoms with Crippen molar-refractivity contribution in [3.05, 3.63) is 0 Å². The van der Waals surface area contributed by atoms with Crippen LogP contribution in [0.3, 0.4) is 0 Å². The van der Waals surface area contributed by atoms with Crippen molar-refractivity contribution < 1.29 is 20.1 Å². The molecular formula is C6H10Cl2O4. The molecule has 5 atom stereocenters. The first-order valence-corrected chi connectivity index (χ1v) is 4.44. The number of halogens is 2. The zero-order chi connectivity index (χ0) is 9.30. The van der Waals surface area contributed by atoms with Gasteiger partial charge in [0.1, 0.15) is 12.2 Å². The van der Waals surface area contributed by atoms with Crippen LogP contribution in [-0.2, 0) is 4.74 Å². The quantitative estimate of drug-likeness (QED) is 0.506. The molecule has 0 aromatic carbocycles. The van der Waals surface area contributed by atoms with Crippen LogP contribution in [0.1, 0.15) is 0 Å². The van der Waals surface area contributed by atoms with Gasteiger partial charge >= 0.3 is 0 Å². The SMILES string of the molecule is O[C@@H]1[C@@H](O)[C@H](O)O[C@H](CCl)[C@@H]1Cl. The summed E-state index contributed by atoms with van der Waals surface area (Å²) in [6.45, 7) is 0. The fraction of sp³-hybridized carbons (Fsp3) is 1.00. The molecular weight excluding hydrogens is 207 g/mol. The third kappa shape index (κ3) is 1.84. The van der Waals surface area contributed by atoms with Crippen LogP contribution >= 0.6 is 23.2 Å². The van der Waals surface area contributed by atoms with Crippen LogP contribution in [-0.4, -0.2) is 51.2 Å². The summed E-state index contributed by atoms with van der Waals surface area (Å²) in [5.41, 5.74) is 0. The minimum absolute atomic E-state index is 0.0645. The monoisotopic (exact) mass is 216 g/mol. The summed E-state index contributed by atoms with van der Waals surface area (Å²) in [6.07, 6.45) is -4.63. The average Bonchev–Trinajstić information content (AvgIpc) is 2.08. The van der Waals surface area contributed by atoms with E-state index in [0.29, 0.717) is 0 Å². The summed E-state index contributed by atoms with van der Waals surface area (Å²) < 4.78 is 4.81. The Hall–Kier alpha value is 0.420. The van der Waals surface area contributed by atoms with Gasteiger partial charge in [-0.15, -0.1) is 23.2 Å². The maximum atomic E-state index is 9.24. The molecule has 1 rings (SSSR count). The van der Waals surface area contributed by atoms with Gasteiger partial charge in [-0.05, 0) is 0 Å². The number of alkyl halides is 2. The zero-order valence-corrected chi connectivity index (χ0v) is 7.61. The molecule has 0 saturated carbocycles. The predicted molar refractivity (Wildman–Crippen MR) is 43.3 cm³/mol. The molecule has 0 bridgehead atoms. The maximum Gasteiger partial charge on any atom is 0.183 e. The van der Waals surface area contributed by atoms with Crippen molar-refractivity contribution in [1.29, 1.82) is 0 Å². The zero-order valence-electron chi connectivity index (χ0n) is 6.10. The van der Waals surface area contributed by atoms with Gasteiger partial charge in [0.2, 0.25) is 0 Å². The normalized spacial score (nSPS) is 49.2. The highest BCUT2D eigenvalue weighted by Gasteiger charge is 2.42. The van der Waals surface area contributed by atoms with Gasteiger partial charge < -0.3 is 20.1 Å². The molecule has 0 spiro atoms. The first-order valence-electron chi connectivity index (χ1n) is 3.47. The number of hydrogen-bond acceptors (Lipinski definition) is 4. The number of ether oxygens (including phenoxy) is 1. The van der Waals surface area contributed by atoms with Crippen LogP contribution in [0.25, 0.3) is 0 Å². The van der Waals surface area contributed by atoms with E-state index < -0.39 is 30.0 Å². The van der Waals surface area contributed by atoms with Crippen LogP contribution in [0.15, 0.2) is 0 Å². The Labute approximate surface area is 79.7 Å². The largest absolute Gasteiger partial charge is 0.389 e. The molecule has 0 aromatic heterocycles. The van der Waals surface area contributed by atoms with Crippen molar-refractivity contribution in [2.24, 2.45) is 0 Å². The molecule has 0 unspecified atom stereocenters. The van der Waals surface area contributed by atoms with Crippen molar-refractivity contribution >= 4 is 23.2 Å². The van der Waals surface area contributed by atoms with Gasteiger partial charge in [-0.25, -0.2) is 0 Å². The molecule has 3 N–H and O–H groups in total. The lowest BCUT2D eigenvalue weighted by Crippen LogP contribution is -2.55. The second kappa shape index (κ2) is 4.09. The topological polar surface area (TPSA) is 69.9 Å². The Kier molecular flexibility index (Phi) is 3.58. The predicted octanol–water partition coefficient (Wildman–Crippen LogP) is -0.728. The summed E-state index contributed by atoms with van der Waals surface area (Å²) >= 11 is 11.1. The van der Waals surface area contributed by atoms with Gasteiger partial charge in [-0.2, -0.15) is 0 Å². The molecule has 0 aliphatic carbocycles. The summed E-state index contributed by atoms with van der Waals surface area (Å²) in [4.78, 5) is 0. The second-order valence-electron chi connectivity index (χ2n) is 2.65. The molecule has 0 aromatic rings. The summed E-state index contributed by atoms with van der Waals surface area (Å²) in [7, 11) is 0. The van der Waals surface area contributed by atoms with Crippen molar-refractivity contribution in [2.75, 3.05) is 5.88 Å². The van der Waals surface area contributed by atoms with Crippen LogP contribution in [0.2, 0.25) is 0 Å². The summed E-state index contributed by atoms with van der Waals surface area (Å²) in [5, 5.41) is 26.5. The fourth-order valence-corrected chi connectivity index (χ4v) is 1.69. The van der Waals surface area contributed by atoms with Crippen LogP contribution in [0, 0.1) is 0 Å². The third-order valence-corrected chi connectivity index (χ3v) is 2.63. The molecule has 72 valence electrons. The molecule has 1 fully saturated rings. The lowest BCUT2D eigenvalue weighted by atomic mass is 10.0. The van der Waals surface area contributed by atoms with Gasteiger partial charge in [0.05, 0.1) is 17.4 Å². The first-order chi connectivity index (χ1) is 5.57. The fourth-order valence-electron chi connectivity index (χ4n) is 1.03. The van der Waals surface area contributed by atoms with Crippen molar-refractivity contribution in [3.8, 4) is 0 Å². The lowest BCUT2D eigenvalue weighted by Gasteiger charge is -2.37. The molecule has 4 nitrogen and oxygen atoms in total. The van der Waals surface area contributed by atoms with Crippen LogP contribution < -0.4 is 0 Å². The van der Waals surface area contributed by atoms with E-state index in [0.717, 1.165) is 0 Å². The van der Waals surface area contributed by atoms with Crippen molar-refractivity contribution in [3.63, 3.8) is 0 Å². The van der Waals surface area contributed by atoms with E-state index in [-0.39, 0.29) is 5.88 Å². The summed E-state index contributed by atoms with van der Waals surface area (Å²) in [6, 6.07) is 0. The van der Waals surface area contributed by atoms with E-state index in [1.165, 1.54) is 0 Å². The molecule has 1 saturated heterocycles. The van der Waals surface area contributed by atoms with E-state index in [1.807, 2.05) is 0 Å². The highest BCUT2D eigenvalue weighted by atomic mass is 35.5. The number of aliphatic hydroxyl groups excluding tert-OH is 3. The van der Waals surface area contributed by atoms with E-state index in [1.54, 1.807) is 0 Å². The number of hydrogen-bond donors (Lipinski definition) is 3. The Morgan fingerprint density at radius 3 is 2.25 bits per heavy atom. The molecule has 6 heteroatoms. The van der Waals surface area contributed by atoms with Gasteiger partial charge in [-0.3, -0.25) is 0 Å². The number of rotatable bonds is 1. The van der Waals surface area contributed by atoms with Crippen LogP contribution in [0.4, 0.5) is 0 Å². The molecule has 0 radical (unpaired) electrons. The highest BCUT2D eigenvalue weighted by molar-refractivity contribution is 6.23. The average molecular weight is 217 g/mol. The van der Waals surface area contributed by atoms with Gasteiger partial charge in [0.25, 0.3) is 0 Å². The van der Waals surface area contributed by atoms with Gasteiger partial charge in [-0.1, -0.05) is 0 Å². The lowest BCUT2D eigenvalue weighted by molar-refractivity contribution is -0.239.